The second kappa shape index (κ2) is 6.58. The third kappa shape index (κ3) is 4.29. The van der Waals surface area contributed by atoms with Crippen molar-refractivity contribution < 1.29 is 35.8 Å². The smallest absolute Gasteiger partial charge is 0.389 e. The second-order valence-corrected chi connectivity index (χ2v) is 5.99. The summed E-state index contributed by atoms with van der Waals surface area (Å²) in [5.41, 5.74) is -6.01. The molecule has 0 spiro atoms. The predicted molar refractivity (Wildman–Crippen MR) is 66.0 cm³/mol. The van der Waals surface area contributed by atoms with Gasteiger partial charge in [0.05, 0.1) is 18.4 Å². The first-order chi connectivity index (χ1) is 9.59. The van der Waals surface area contributed by atoms with E-state index in [1.807, 2.05) is 0 Å². The molecule has 0 amide bonds. The van der Waals surface area contributed by atoms with E-state index < -0.39 is 37.8 Å². The average Bonchev–Trinajstić information content (AvgIpc) is 2.36. The fourth-order valence-corrected chi connectivity index (χ4v) is 2.42. The van der Waals surface area contributed by atoms with Gasteiger partial charge in [-0.15, -0.1) is 0 Å². The van der Waals surface area contributed by atoms with Gasteiger partial charge in [-0.3, -0.25) is 0 Å². The van der Waals surface area contributed by atoms with Gasteiger partial charge >= 0.3 is 5.51 Å². The summed E-state index contributed by atoms with van der Waals surface area (Å²) in [5, 5.41) is 11.7. The molecule has 1 aromatic carbocycles. The van der Waals surface area contributed by atoms with Gasteiger partial charge < -0.3 is 15.2 Å². The Balaban J connectivity index is 3.12. The van der Waals surface area contributed by atoms with Crippen molar-refractivity contribution in [2.45, 2.75) is 16.5 Å². The molecule has 1 aromatic rings. The fraction of sp³-hybridized carbons (Fsp3) is 0.455. The fourth-order valence-electron chi connectivity index (χ4n) is 1.47. The molecule has 0 saturated carbocycles. The minimum absolute atomic E-state index is 0.102. The molecule has 2 N–H and O–H groups in total. The molecule has 0 radical (unpaired) electrons. The molecular weight excluding hydrogens is 318 g/mol. The summed E-state index contributed by atoms with van der Waals surface area (Å²) in [5.74, 6) is -1.12. The van der Waals surface area contributed by atoms with Gasteiger partial charge in [0.1, 0.15) is 10.7 Å². The Labute approximate surface area is 118 Å². The monoisotopic (exact) mass is 331 g/mol. The Morgan fingerprint density at radius 2 is 2.00 bits per heavy atom. The molecule has 0 bridgehead atoms. The zero-order valence-electron chi connectivity index (χ0n) is 10.8. The number of alkyl halides is 3. The number of hydrogen-bond donors (Lipinski definition) is 2. The van der Waals surface area contributed by atoms with Gasteiger partial charge in [0.15, 0.2) is 0 Å². The van der Waals surface area contributed by atoms with Crippen LogP contribution in [0, 0.1) is 5.82 Å². The number of sulfone groups is 1. The van der Waals surface area contributed by atoms with E-state index in [1.165, 1.54) is 7.11 Å². The van der Waals surface area contributed by atoms with Crippen LogP contribution in [-0.4, -0.2) is 45.4 Å². The summed E-state index contributed by atoms with van der Waals surface area (Å²) in [7, 11) is -4.40. The Morgan fingerprint density at radius 1 is 1.38 bits per heavy atom. The van der Waals surface area contributed by atoms with E-state index in [4.69, 9.17) is 0 Å². The van der Waals surface area contributed by atoms with Crippen LogP contribution in [0.4, 0.5) is 23.2 Å². The first-order valence-corrected chi connectivity index (χ1v) is 7.09. The molecule has 0 aliphatic carbocycles. The van der Waals surface area contributed by atoms with E-state index >= 15 is 0 Å². The number of nitrogens with one attached hydrogen (secondary N) is 1. The largest absolute Gasteiger partial charge is 0.501 e. The van der Waals surface area contributed by atoms with Crippen LogP contribution in [0.25, 0.3) is 0 Å². The minimum atomic E-state index is -5.71. The topological polar surface area (TPSA) is 75.6 Å². The van der Waals surface area contributed by atoms with E-state index in [-0.39, 0.29) is 19.2 Å². The maximum absolute atomic E-state index is 13.1. The van der Waals surface area contributed by atoms with E-state index in [2.05, 4.69) is 10.1 Å². The van der Waals surface area contributed by atoms with Crippen LogP contribution in [0.1, 0.15) is 0 Å². The normalized spacial score (nSPS) is 14.0. The van der Waals surface area contributed by atoms with Crippen molar-refractivity contribution in [3.8, 4) is 0 Å². The van der Waals surface area contributed by atoms with E-state index in [0.29, 0.717) is 0 Å². The standard InChI is InChI=1S/C11H13F4NO4S/c1-20-6-8(17)5-16-9-3-2-7(12)4-10(9)21(18,19)11(13,14)15/h2-4,8,16-17H,5-6H2,1H3. The van der Waals surface area contributed by atoms with Crippen molar-refractivity contribution in [1.29, 1.82) is 0 Å². The highest BCUT2D eigenvalue weighted by Crippen LogP contribution is 2.34. The molecule has 5 nitrogen and oxygen atoms in total. The van der Waals surface area contributed by atoms with Gasteiger partial charge in [-0.25, -0.2) is 12.8 Å². The molecule has 0 aliphatic heterocycles. The number of methoxy groups -OCH3 is 1. The Hall–Kier alpha value is -1.39. The summed E-state index contributed by atoms with van der Waals surface area (Å²) in [6.07, 6.45) is -1.07. The number of hydrogen-bond acceptors (Lipinski definition) is 5. The summed E-state index contributed by atoms with van der Waals surface area (Å²) in [6, 6.07) is 1.93. The SMILES string of the molecule is COCC(O)CNc1ccc(F)cc1S(=O)(=O)C(F)(F)F. The van der Waals surface area contributed by atoms with Crippen molar-refractivity contribution >= 4 is 15.5 Å². The molecular formula is C11H13F4NO4S. The van der Waals surface area contributed by atoms with Gasteiger partial charge in [-0.2, -0.15) is 13.2 Å². The number of ether oxygens (including phenoxy) is 1. The molecule has 0 aliphatic rings. The Bertz CT molecular complexity index is 588. The molecule has 0 heterocycles. The molecule has 1 rings (SSSR count). The predicted octanol–water partition coefficient (Wildman–Crippen LogP) is 1.54. The second-order valence-electron chi connectivity index (χ2n) is 4.08. The van der Waals surface area contributed by atoms with Crippen LogP contribution in [0.15, 0.2) is 23.1 Å². The molecule has 120 valence electrons. The van der Waals surface area contributed by atoms with Crippen molar-refractivity contribution in [2.24, 2.45) is 0 Å². The molecule has 21 heavy (non-hydrogen) atoms. The van der Waals surface area contributed by atoms with Gasteiger partial charge in [0.25, 0.3) is 9.84 Å². The van der Waals surface area contributed by atoms with Crippen LogP contribution in [-0.2, 0) is 14.6 Å². The summed E-state index contributed by atoms with van der Waals surface area (Å²) >= 11 is 0. The zero-order valence-corrected chi connectivity index (χ0v) is 11.6. The van der Waals surface area contributed by atoms with Crippen LogP contribution in [0.3, 0.4) is 0 Å². The maximum atomic E-state index is 13.1. The summed E-state index contributed by atoms with van der Waals surface area (Å²) < 4.78 is 78.1. The number of benzene rings is 1. The highest BCUT2D eigenvalue weighted by Gasteiger charge is 2.48. The first-order valence-electron chi connectivity index (χ1n) is 5.61. The van der Waals surface area contributed by atoms with Crippen molar-refractivity contribution in [3.63, 3.8) is 0 Å². The molecule has 1 unspecified atom stereocenters. The van der Waals surface area contributed by atoms with Gasteiger partial charge in [-0.1, -0.05) is 0 Å². The van der Waals surface area contributed by atoms with Crippen molar-refractivity contribution in [2.75, 3.05) is 25.6 Å². The zero-order chi connectivity index (χ0) is 16.3. The van der Waals surface area contributed by atoms with Crippen LogP contribution >= 0.6 is 0 Å². The van der Waals surface area contributed by atoms with Gasteiger partial charge in [0, 0.05) is 13.7 Å². The van der Waals surface area contributed by atoms with E-state index in [9.17, 15) is 31.1 Å². The molecule has 1 atom stereocenters. The molecule has 0 aromatic heterocycles. The molecule has 0 saturated heterocycles. The summed E-state index contributed by atoms with van der Waals surface area (Å²) in [4.78, 5) is -1.24. The number of anilines is 1. The van der Waals surface area contributed by atoms with Crippen LogP contribution in [0.2, 0.25) is 0 Å². The van der Waals surface area contributed by atoms with Gasteiger partial charge in [0.2, 0.25) is 0 Å². The van der Waals surface area contributed by atoms with Crippen LogP contribution in [0.5, 0.6) is 0 Å². The highest BCUT2D eigenvalue weighted by atomic mass is 32.2. The summed E-state index contributed by atoms with van der Waals surface area (Å²) in [6.45, 7) is -0.366. The number of aliphatic hydroxyl groups excluding tert-OH is 1. The lowest BCUT2D eigenvalue weighted by Gasteiger charge is -2.16. The Kier molecular flexibility index (Phi) is 5.54. The average molecular weight is 331 g/mol. The minimum Gasteiger partial charge on any atom is -0.389 e. The van der Waals surface area contributed by atoms with Gasteiger partial charge in [-0.05, 0) is 18.2 Å². The first kappa shape index (κ1) is 17.7. The Morgan fingerprint density at radius 3 is 2.52 bits per heavy atom. The lowest BCUT2D eigenvalue weighted by Crippen LogP contribution is -2.27. The lowest BCUT2D eigenvalue weighted by atomic mass is 10.3. The third-order valence-corrected chi connectivity index (χ3v) is 3.95. The molecule has 0 fully saturated rings. The number of aliphatic hydroxyl groups is 1. The van der Waals surface area contributed by atoms with Crippen molar-refractivity contribution in [3.05, 3.63) is 24.0 Å². The third-order valence-electron chi connectivity index (χ3n) is 2.43. The lowest BCUT2D eigenvalue weighted by molar-refractivity contribution is -0.0435. The molecule has 10 heteroatoms. The van der Waals surface area contributed by atoms with Crippen LogP contribution < -0.4 is 5.32 Å². The number of halogens is 4. The number of rotatable bonds is 6. The van der Waals surface area contributed by atoms with E-state index in [0.717, 1.165) is 12.1 Å². The maximum Gasteiger partial charge on any atom is 0.501 e. The highest BCUT2D eigenvalue weighted by molar-refractivity contribution is 7.92. The quantitative estimate of drug-likeness (QED) is 0.774. The van der Waals surface area contributed by atoms with E-state index in [1.54, 1.807) is 0 Å². The van der Waals surface area contributed by atoms with Crippen molar-refractivity contribution in [1.82, 2.24) is 0 Å².